The van der Waals surface area contributed by atoms with Crippen LogP contribution in [0.15, 0.2) is 59.7 Å². The van der Waals surface area contributed by atoms with Crippen LogP contribution in [0.1, 0.15) is 30.9 Å². The van der Waals surface area contributed by atoms with Gasteiger partial charge in [-0.1, -0.05) is 29.8 Å². The Balaban J connectivity index is 1.30. The highest BCUT2D eigenvalue weighted by Gasteiger charge is 2.50. The number of nitrogens with one attached hydrogen (secondary N) is 2. The van der Waals surface area contributed by atoms with Crippen molar-refractivity contribution in [2.45, 2.75) is 38.0 Å². The van der Waals surface area contributed by atoms with Gasteiger partial charge in [-0.3, -0.25) is 4.79 Å². The third kappa shape index (κ3) is 6.45. The number of anilines is 1. The van der Waals surface area contributed by atoms with Crippen molar-refractivity contribution in [2.75, 3.05) is 38.0 Å². The van der Waals surface area contributed by atoms with E-state index >= 15 is 0 Å². The molecule has 2 aromatic carbocycles. The number of esters is 1. The maximum absolute atomic E-state index is 13.1. The highest BCUT2D eigenvalue weighted by atomic mass is 35.5. The van der Waals surface area contributed by atoms with Crippen LogP contribution < -0.4 is 10.6 Å². The fraction of sp³-hybridized carbons (Fsp3) is 0.407. The fourth-order valence-electron chi connectivity index (χ4n) is 4.87. The van der Waals surface area contributed by atoms with Gasteiger partial charge in [-0.15, -0.1) is 0 Å². The Kier molecular flexibility index (Phi) is 8.14. The van der Waals surface area contributed by atoms with Gasteiger partial charge < -0.3 is 20.3 Å². The zero-order valence-electron chi connectivity index (χ0n) is 20.5. The SMILES string of the molecule is CC1=C(C(=O)NCCNc2cccc(C(F)(F)F)c2)C2(CCN(CCc3cccc(Cl)c3)CC2)OC1=O. The molecule has 2 heterocycles. The fourth-order valence-corrected chi connectivity index (χ4v) is 5.09. The van der Waals surface area contributed by atoms with Crippen molar-refractivity contribution in [3.8, 4) is 0 Å². The number of ether oxygens (including phenoxy) is 1. The number of hydrogen-bond acceptors (Lipinski definition) is 5. The van der Waals surface area contributed by atoms with E-state index in [1.807, 2.05) is 24.3 Å². The lowest BCUT2D eigenvalue weighted by atomic mass is 9.82. The molecule has 4 rings (SSSR count). The summed E-state index contributed by atoms with van der Waals surface area (Å²) in [5, 5.41) is 6.38. The molecule has 0 atom stereocenters. The smallest absolute Gasteiger partial charge is 0.416 e. The molecule has 1 fully saturated rings. The second-order valence-corrected chi connectivity index (χ2v) is 9.80. The minimum Gasteiger partial charge on any atom is -0.450 e. The number of piperidine rings is 1. The van der Waals surface area contributed by atoms with Gasteiger partial charge in [0.05, 0.1) is 11.1 Å². The number of hydrogen-bond donors (Lipinski definition) is 2. The molecular formula is C27H29ClF3N3O3. The zero-order chi connectivity index (χ0) is 26.6. The van der Waals surface area contributed by atoms with Crippen molar-refractivity contribution in [3.63, 3.8) is 0 Å². The number of amides is 1. The normalized spacial score (nSPS) is 17.7. The van der Waals surface area contributed by atoms with Gasteiger partial charge in [-0.05, 0) is 49.2 Å². The van der Waals surface area contributed by atoms with Crippen LogP contribution in [0.25, 0.3) is 0 Å². The molecule has 2 aliphatic rings. The summed E-state index contributed by atoms with van der Waals surface area (Å²) in [4.78, 5) is 27.8. The molecule has 0 bridgehead atoms. The molecule has 0 unspecified atom stereocenters. The number of halogens is 4. The molecule has 0 aliphatic carbocycles. The molecule has 198 valence electrons. The van der Waals surface area contributed by atoms with Crippen LogP contribution in [-0.4, -0.2) is 55.1 Å². The summed E-state index contributed by atoms with van der Waals surface area (Å²) in [5.41, 5.74) is 0.411. The predicted molar refractivity (Wildman–Crippen MR) is 135 cm³/mol. The van der Waals surface area contributed by atoms with E-state index < -0.39 is 23.3 Å². The molecule has 2 aliphatic heterocycles. The molecule has 1 spiro atoms. The van der Waals surface area contributed by atoms with Crippen LogP contribution >= 0.6 is 11.6 Å². The summed E-state index contributed by atoms with van der Waals surface area (Å²) in [6, 6.07) is 12.6. The average Bonchev–Trinajstić information content (AvgIpc) is 3.10. The van der Waals surface area contributed by atoms with Crippen LogP contribution in [-0.2, 0) is 26.9 Å². The molecular weight excluding hydrogens is 507 g/mol. The number of likely N-dealkylation sites (tertiary alicyclic amines) is 1. The monoisotopic (exact) mass is 535 g/mol. The number of benzene rings is 2. The van der Waals surface area contributed by atoms with Gasteiger partial charge in [-0.25, -0.2) is 4.79 Å². The first-order chi connectivity index (χ1) is 17.6. The summed E-state index contributed by atoms with van der Waals surface area (Å²) in [6.07, 6.45) is -2.56. The van der Waals surface area contributed by atoms with Crippen LogP contribution in [0.4, 0.5) is 18.9 Å². The van der Waals surface area contributed by atoms with Gasteiger partial charge >= 0.3 is 12.1 Å². The van der Waals surface area contributed by atoms with Crippen LogP contribution in [0.3, 0.4) is 0 Å². The van der Waals surface area contributed by atoms with Crippen molar-refractivity contribution in [1.82, 2.24) is 10.2 Å². The second-order valence-electron chi connectivity index (χ2n) is 9.37. The number of nitrogens with zero attached hydrogens (tertiary/aromatic N) is 1. The Morgan fingerprint density at radius 1 is 1.11 bits per heavy atom. The lowest BCUT2D eigenvalue weighted by molar-refractivity contribution is -0.150. The molecule has 0 saturated carbocycles. The standard InChI is InChI=1S/C27H29ClF3N3O3/c1-18-23(24(35)33-12-11-32-22-7-3-5-20(17-22)27(29,30)31)26(37-25(18)36)9-14-34(15-10-26)13-8-19-4-2-6-21(28)16-19/h2-7,16-17,32H,8-15H2,1H3,(H,33,35). The highest BCUT2D eigenvalue weighted by Crippen LogP contribution is 2.41. The molecule has 37 heavy (non-hydrogen) atoms. The van der Waals surface area contributed by atoms with Crippen molar-refractivity contribution in [1.29, 1.82) is 0 Å². The molecule has 6 nitrogen and oxygen atoms in total. The summed E-state index contributed by atoms with van der Waals surface area (Å²) < 4.78 is 44.4. The number of carbonyl (C=O) groups is 2. The average molecular weight is 536 g/mol. The Morgan fingerprint density at radius 3 is 2.54 bits per heavy atom. The Hall–Kier alpha value is -3.04. The van der Waals surface area contributed by atoms with E-state index in [9.17, 15) is 22.8 Å². The Morgan fingerprint density at radius 2 is 1.84 bits per heavy atom. The lowest BCUT2D eigenvalue weighted by Crippen LogP contribution is -2.49. The van der Waals surface area contributed by atoms with Gasteiger partial charge in [0.15, 0.2) is 0 Å². The first-order valence-electron chi connectivity index (χ1n) is 12.2. The van der Waals surface area contributed by atoms with Gasteiger partial charge in [0, 0.05) is 61.8 Å². The van der Waals surface area contributed by atoms with Crippen molar-refractivity contribution >= 4 is 29.2 Å². The molecule has 10 heteroatoms. The molecule has 2 aromatic rings. The Bertz CT molecular complexity index is 1190. The number of rotatable bonds is 8. The molecule has 2 N–H and O–H groups in total. The van der Waals surface area contributed by atoms with Gasteiger partial charge in [0.1, 0.15) is 5.60 Å². The van der Waals surface area contributed by atoms with E-state index in [-0.39, 0.29) is 19.0 Å². The van der Waals surface area contributed by atoms with E-state index in [2.05, 4.69) is 15.5 Å². The third-order valence-corrected chi connectivity index (χ3v) is 7.09. The largest absolute Gasteiger partial charge is 0.450 e. The van der Waals surface area contributed by atoms with Crippen molar-refractivity contribution in [2.24, 2.45) is 0 Å². The minimum atomic E-state index is -4.43. The topological polar surface area (TPSA) is 70.7 Å². The molecule has 1 saturated heterocycles. The highest BCUT2D eigenvalue weighted by molar-refractivity contribution is 6.30. The van der Waals surface area contributed by atoms with E-state index in [0.717, 1.165) is 30.7 Å². The molecule has 0 radical (unpaired) electrons. The third-order valence-electron chi connectivity index (χ3n) is 6.85. The maximum Gasteiger partial charge on any atom is 0.416 e. The van der Waals surface area contributed by atoms with E-state index in [0.29, 0.717) is 47.8 Å². The predicted octanol–water partition coefficient (Wildman–Crippen LogP) is 4.84. The van der Waals surface area contributed by atoms with Crippen molar-refractivity contribution in [3.05, 3.63) is 75.8 Å². The Labute approximate surface area is 218 Å². The van der Waals surface area contributed by atoms with Gasteiger partial charge in [-0.2, -0.15) is 13.2 Å². The van der Waals surface area contributed by atoms with E-state index in [1.165, 1.54) is 12.1 Å². The van der Waals surface area contributed by atoms with Crippen molar-refractivity contribution < 1.29 is 27.5 Å². The second kappa shape index (κ2) is 11.1. The first kappa shape index (κ1) is 27.0. The zero-order valence-corrected chi connectivity index (χ0v) is 21.2. The van der Waals surface area contributed by atoms with Crippen LogP contribution in [0.2, 0.25) is 5.02 Å². The molecule has 1 amide bonds. The quantitative estimate of drug-likeness (QED) is 0.374. The first-order valence-corrected chi connectivity index (χ1v) is 12.6. The number of carbonyl (C=O) groups excluding carboxylic acids is 2. The summed E-state index contributed by atoms with van der Waals surface area (Å²) in [6.45, 7) is 4.17. The maximum atomic E-state index is 13.1. The summed E-state index contributed by atoms with van der Waals surface area (Å²) in [7, 11) is 0. The summed E-state index contributed by atoms with van der Waals surface area (Å²) >= 11 is 6.07. The minimum absolute atomic E-state index is 0.169. The van der Waals surface area contributed by atoms with E-state index in [4.69, 9.17) is 16.3 Å². The number of alkyl halides is 3. The van der Waals surface area contributed by atoms with Gasteiger partial charge in [0.2, 0.25) is 0 Å². The van der Waals surface area contributed by atoms with Crippen LogP contribution in [0, 0.1) is 0 Å². The van der Waals surface area contributed by atoms with Crippen LogP contribution in [0.5, 0.6) is 0 Å². The summed E-state index contributed by atoms with van der Waals surface area (Å²) in [5.74, 6) is -0.874. The molecule has 0 aromatic heterocycles. The lowest BCUT2D eigenvalue weighted by Gasteiger charge is -2.39. The van der Waals surface area contributed by atoms with Gasteiger partial charge in [0.25, 0.3) is 5.91 Å². The van der Waals surface area contributed by atoms with E-state index in [1.54, 1.807) is 6.92 Å².